The highest BCUT2D eigenvalue weighted by molar-refractivity contribution is 5.67. The van der Waals surface area contributed by atoms with Gasteiger partial charge in [0.2, 0.25) is 0 Å². The van der Waals surface area contributed by atoms with Crippen LogP contribution in [-0.4, -0.2) is 49.5 Å². The topological polar surface area (TPSA) is 60.3 Å². The maximum absolute atomic E-state index is 14.7. The fourth-order valence-corrected chi connectivity index (χ4v) is 5.93. The zero-order valence-corrected chi connectivity index (χ0v) is 22.1. The zero-order chi connectivity index (χ0) is 28.1. The van der Waals surface area contributed by atoms with Gasteiger partial charge in [0.25, 0.3) is 0 Å². The number of benzene rings is 3. The molecule has 2 fully saturated rings. The summed E-state index contributed by atoms with van der Waals surface area (Å²) in [6, 6.07) is 20.9. The Morgan fingerprint density at radius 3 is 2.48 bits per heavy atom. The van der Waals surface area contributed by atoms with E-state index < -0.39 is 12.2 Å². The number of rotatable bonds is 7. The van der Waals surface area contributed by atoms with Crippen molar-refractivity contribution in [1.82, 2.24) is 15.5 Å². The van der Waals surface area contributed by atoms with Crippen LogP contribution in [0.4, 0.5) is 17.6 Å². The van der Waals surface area contributed by atoms with Crippen LogP contribution in [0.15, 0.2) is 66.7 Å². The molecule has 2 heterocycles. The largest absolute Gasteiger partial charge is 0.573 e. The molecule has 9 heteroatoms. The van der Waals surface area contributed by atoms with E-state index in [0.29, 0.717) is 11.6 Å². The second-order valence-corrected chi connectivity index (χ2v) is 10.4. The van der Waals surface area contributed by atoms with E-state index in [4.69, 9.17) is 5.26 Å². The molecule has 5 rings (SSSR count). The fraction of sp³-hybridized carbons (Fsp3) is 0.387. The number of hydrogen-bond acceptors (Lipinski definition) is 5. The Bertz CT molecular complexity index is 1340. The van der Waals surface area contributed by atoms with Crippen molar-refractivity contribution in [3.05, 3.63) is 89.2 Å². The first-order valence-corrected chi connectivity index (χ1v) is 13.6. The SMILES string of the molecule is N#Cc1ccc(-c2ccc(OC(F)(F)F)c(CN[C@H]3CCN(C4CCNCC4)C[C@H]3c3ccccc3)c2)c(F)c1. The minimum absolute atomic E-state index is 0.0365. The van der Waals surface area contributed by atoms with E-state index >= 15 is 0 Å². The lowest BCUT2D eigenvalue weighted by molar-refractivity contribution is -0.274. The number of nitrogens with zero attached hydrogens (tertiary/aromatic N) is 2. The van der Waals surface area contributed by atoms with E-state index in [1.807, 2.05) is 24.3 Å². The highest BCUT2D eigenvalue weighted by Gasteiger charge is 2.35. The summed E-state index contributed by atoms with van der Waals surface area (Å²) in [7, 11) is 0. The fourth-order valence-electron chi connectivity index (χ4n) is 5.93. The first kappa shape index (κ1) is 28.1. The molecule has 0 aromatic heterocycles. The number of piperidine rings is 2. The van der Waals surface area contributed by atoms with E-state index in [1.54, 1.807) is 0 Å². The van der Waals surface area contributed by atoms with E-state index in [9.17, 15) is 17.6 Å². The first-order chi connectivity index (χ1) is 19.3. The second kappa shape index (κ2) is 12.4. The van der Waals surface area contributed by atoms with E-state index in [1.165, 1.54) is 35.9 Å². The van der Waals surface area contributed by atoms with Crippen molar-refractivity contribution in [1.29, 1.82) is 5.26 Å². The van der Waals surface area contributed by atoms with Crippen molar-refractivity contribution < 1.29 is 22.3 Å². The van der Waals surface area contributed by atoms with Gasteiger partial charge in [-0.05, 0) is 74.3 Å². The predicted molar refractivity (Wildman–Crippen MR) is 145 cm³/mol. The quantitative estimate of drug-likeness (QED) is 0.354. The number of likely N-dealkylation sites (tertiary alicyclic amines) is 1. The summed E-state index contributed by atoms with van der Waals surface area (Å²) in [5.74, 6) is -0.769. The summed E-state index contributed by atoms with van der Waals surface area (Å²) in [6.07, 6.45) is -1.79. The van der Waals surface area contributed by atoms with Crippen LogP contribution in [-0.2, 0) is 6.54 Å². The van der Waals surface area contributed by atoms with Crippen LogP contribution in [0.3, 0.4) is 0 Å². The van der Waals surface area contributed by atoms with Gasteiger partial charge in [0.05, 0.1) is 11.6 Å². The summed E-state index contributed by atoms with van der Waals surface area (Å²) in [5, 5.41) is 16.0. The summed E-state index contributed by atoms with van der Waals surface area (Å²) in [6.45, 7) is 3.93. The molecule has 0 saturated carbocycles. The highest BCUT2D eigenvalue weighted by Crippen LogP contribution is 2.34. The highest BCUT2D eigenvalue weighted by atomic mass is 19.4. The molecular formula is C31H32F4N4O. The summed E-state index contributed by atoms with van der Waals surface area (Å²) >= 11 is 0. The van der Waals surface area contributed by atoms with Crippen LogP contribution in [0.1, 0.15) is 41.9 Å². The number of nitrogens with one attached hydrogen (secondary N) is 2. The van der Waals surface area contributed by atoms with Crippen LogP contribution >= 0.6 is 0 Å². The number of halogens is 4. The molecule has 0 unspecified atom stereocenters. The van der Waals surface area contributed by atoms with Gasteiger partial charge in [0.15, 0.2) is 0 Å². The molecule has 2 atom stereocenters. The van der Waals surface area contributed by atoms with Crippen LogP contribution < -0.4 is 15.4 Å². The third kappa shape index (κ3) is 6.81. The second-order valence-electron chi connectivity index (χ2n) is 10.4. The minimum Gasteiger partial charge on any atom is -0.405 e. The smallest absolute Gasteiger partial charge is 0.405 e. The summed E-state index contributed by atoms with van der Waals surface area (Å²) < 4.78 is 58.8. The zero-order valence-electron chi connectivity index (χ0n) is 22.1. The predicted octanol–water partition coefficient (Wildman–Crippen LogP) is 5.96. The molecule has 2 aliphatic heterocycles. The molecule has 210 valence electrons. The van der Waals surface area contributed by atoms with Crippen molar-refractivity contribution in [2.75, 3.05) is 26.2 Å². The molecule has 0 aliphatic carbocycles. The molecule has 0 spiro atoms. The Labute approximate surface area is 231 Å². The van der Waals surface area contributed by atoms with Gasteiger partial charge < -0.3 is 15.4 Å². The summed E-state index contributed by atoms with van der Waals surface area (Å²) in [5.41, 5.74) is 2.26. The van der Waals surface area contributed by atoms with Crippen molar-refractivity contribution in [3.8, 4) is 22.9 Å². The average molecular weight is 553 g/mol. The number of hydrogen-bond donors (Lipinski definition) is 2. The lowest BCUT2D eigenvalue weighted by Crippen LogP contribution is -2.53. The molecule has 40 heavy (non-hydrogen) atoms. The van der Waals surface area contributed by atoms with Crippen molar-refractivity contribution >= 4 is 0 Å². The molecule has 0 bridgehead atoms. The number of nitriles is 1. The van der Waals surface area contributed by atoms with Gasteiger partial charge in [0, 0.05) is 42.2 Å². The molecule has 0 radical (unpaired) electrons. The van der Waals surface area contributed by atoms with Crippen LogP contribution in [0, 0.1) is 17.1 Å². The maximum atomic E-state index is 14.7. The third-order valence-electron chi connectivity index (χ3n) is 7.95. The molecular weight excluding hydrogens is 520 g/mol. The summed E-state index contributed by atoms with van der Waals surface area (Å²) in [4.78, 5) is 2.56. The lowest BCUT2D eigenvalue weighted by atomic mass is 9.84. The maximum Gasteiger partial charge on any atom is 0.573 e. The van der Waals surface area contributed by atoms with E-state index in [0.717, 1.165) is 51.5 Å². The van der Waals surface area contributed by atoms with Gasteiger partial charge in [-0.2, -0.15) is 5.26 Å². The minimum atomic E-state index is -4.86. The van der Waals surface area contributed by atoms with Crippen LogP contribution in [0.25, 0.3) is 11.1 Å². The van der Waals surface area contributed by atoms with Crippen molar-refractivity contribution in [2.45, 2.75) is 50.2 Å². The Balaban J connectivity index is 1.40. The monoisotopic (exact) mass is 552 g/mol. The van der Waals surface area contributed by atoms with Gasteiger partial charge in [-0.3, -0.25) is 4.90 Å². The molecule has 5 nitrogen and oxygen atoms in total. The first-order valence-electron chi connectivity index (χ1n) is 13.6. The molecule has 2 N–H and O–H groups in total. The van der Waals surface area contributed by atoms with Crippen molar-refractivity contribution in [2.24, 2.45) is 0 Å². The number of alkyl halides is 3. The Kier molecular flexibility index (Phi) is 8.69. The van der Waals surface area contributed by atoms with Gasteiger partial charge in [0.1, 0.15) is 11.6 Å². The van der Waals surface area contributed by atoms with Gasteiger partial charge in [-0.15, -0.1) is 13.2 Å². The van der Waals surface area contributed by atoms with E-state index in [-0.39, 0.29) is 40.9 Å². The van der Waals surface area contributed by atoms with Crippen LogP contribution in [0.5, 0.6) is 5.75 Å². The van der Waals surface area contributed by atoms with E-state index in [2.05, 4.69) is 32.4 Å². The van der Waals surface area contributed by atoms with Gasteiger partial charge >= 0.3 is 6.36 Å². The molecule has 2 aliphatic rings. The Morgan fingerprint density at radius 1 is 1.00 bits per heavy atom. The molecule has 3 aromatic rings. The van der Waals surface area contributed by atoms with Crippen molar-refractivity contribution in [3.63, 3.8) is 0 Å². The lowest BCUT2D eigenvalue weighted by Gasteiger charge is -2.44. The number of ether oxygens (including phenoxy) is 1. The average Bonchev–Trinajstić information content (AvgIpc) is 2.97. The molecule has 2 saturated heterocycles. The van der Waals surface area contributed by atoms with Crippen LogP contribution in [0.2, 0.25) is 0 Å². The van der Waals surface area contributed by atoms with Gasteiger partial charge in [-0.25, -0.2) is 4.39 Å². The molecule has 3 aromatic carbocycles. The standard InChI is InChI=1S/C31H32F4N4O/c32-28-16-21(18-36)6-8-26(28)23-7-9-30(40-31(33,34)35)24(17-23)19-38-29-12-15-39(25-10-13-37-14-11-25)20-27(29)22-4-2-1-3-5-22/h1-9,16-17,25,27,29,37-38H,10-15,19-20H2/t27-,29-/m0/s1. The Hall–Kier alpha value is -3.45. The normalized spacial score (nSPS) is 20.7. The molecule has 0 amide bonds. The van der Waals surface area contributed by atoms with Gasteiger partial charge in [-0.1, -0.05) is 42.5 Å². The third-order valence-corrected chi connectivity index (χ3v) is 7.95. The Morgan fingerprint density at radius 2 is 1.77 bits per heavy atom.